The van der Waals surface area contributed by atoms with Gasteiger partial charge < -0.3 is 9.47 Å². The summed E-state index contributed by atoms with van der Waals surface area (Å²) in [6.45, 7) is 0.130. The summed E-state index contributed by atoms with van der Waals surface area (Å²) >= 11 is 10.6. The standard InChI is InChI=1S/C19H20N4O5S3/c1-22(19(30)14-8-9-15-16(10-14)28-12-27-15)20-17(24)11-31(25,26)21-23(2)18(29)13-6-4-3-5-7-13/h3-10,21H,11-12H2,1-2H3,(H,20,24). The van der Waals surface area contributed by atoms with E-state index in [2.05, 4.69) is 10.3 Å². The van der Waals surface area contributed by atoms with Crippen LogP contribution in [0.4, 0.5) is 0 Å². The molecule has 1 heterocycles. The molecule has 9 nitrogen and oxygen atoms in total. The number of rotatable bonds is 6. The Bertz CT molecular complexity index is 1110. The van der Waals surface area contributed by atoms with Crippen LogP contribution in [0.25, 0.3) is 0 Å². The topological polar surface area (TPSA) is 100 Å². The van der Waals surface area contributed by atoms with Gasteiger partial charge in [0, 0.05) is 25.2 Å². The first-order chi connectivity index (χ1) is 14.7. The SMILES string of the molecule is CN(NC(=O)CS(=O)(=O)NN(C)C(=S)c1ccccc1)C(=S)c1ccc2c(c1)OCO2. The second kappa shape index (κ2) is 9.56. The summed E-state index contributed by atoms with van der Waals surface area (Å²) in [5.74, 6) is -0.433. The van der Waals surface area contributed by atoms with Gasteiger partial charge in [0.2, 0.25) is 16.8 Å². The van der Waals surface area contributed by atoms with Crippen molar-refractivity contribution < 1.29 is 22.7 Å². The Morgan fingerprint density at radius 1 is 0.968 bits per heavy atom. The zero-order chi connectivity index (χ0) is 22.6. The van der Waals surface area contributed by atoms with E-state index in [-0.39, 0.29) is 16.8 Å². The molecule has 0 saturated carbocycles. The van der Waals surface area contributed by atoms with Gasteiger partial charge in [0.25, 0.3) is 5.91 Å². The van der Waals surface area contributed by atoms with Crippen LogP contribution in [0.1, 0.15) is 11.1 Å². The fourth-order valence-corrected chi connectivity index (χ4v) is 4.12. The van der Waals surface area contributed by atoms with Gasteiger partial charge in [-0.05, 0) is 18.2 Å². The Balaban J connectivity index is 1.56. The number of carbonyl (C=O) groups excluding carboxylic acids is 1. The maximum absolute atomic E-state index is 12.4. The molecule has 2 aromatic carbocycles. The lowest BCUT2D eigenvalue weighted by atomic mass is 10.2. The molecule has 2 N–H and O–H groups in total. The molecule has 0 aliphatic carbocycles. The van der Waals surface area contributed by atoms with Crippen molar-refractivity contribution in [1.29, 1.82) is 0 Å². The summed E-state index contributed by atoms with van der Waals surface area (Å²) in [5.41, 5.74) is 3.72. The maximum Gasteiger partial charge on any atom is 0.255 e. The molecule has 0 fully saturated rings. The lowest BCUT2D eigenvalue weighted by Gasteiger charge is -2.23. The molecule has 31 heavy (non-hydrogen) atoms. The monoisotopic (exact) mass is 480 g/mol. The van der Waals surface area contributed by atoms with E-state index < -0.39 is 21.7 Å². The number of nitrogens with zero attached hydrogens (tertiary/aromatic N) is 2. The number of nitrogens with one attached hydrogen (secondary N) is 2. The van der Waals surface area contributed by atoms with Crippen molar-refractivity contribution in [3.05, 3.63) is 59.7 Å². The number of sulfonamides is 1. The molecule has 2 aromatic rings. The molecular formula is C19H20N4O5S3. The third kappa shape index (κ3) is 5.88. The van der Waals surface area contributed by atoms with Gasteiger partial charge in [-0.25, -0.2) is 8.42 Å². The van der Waals surface area contributed by atoms with E-state index in [0.29, 0.717) is 22.6 Å². The van der Waals surface area contributed by atoms with Crippen LogP contribution in [0, 0.1) is 0 Å². The van der Waals surface area contributed by atoms with Crippen molar-refractivity contribution in [3.8, 4) is 11.5 Å². The molecule has 164 valence electrons. The van der Waals surface area contributed by atoms with Gasteiger partial charge >= 0.3 is 0 Å². The van der Waals surface area contributed by atoms with E-state index in [4.69, 9.17) is 33.9 Å². The predicted octanol–water partition coefficient (Wildman–Crippen LogP) is 1.20. The van der Waals surface area contributed by atoms with Crippen molar-refractivity contribution >= 4 is 50.3 Å². The maximum atomic E-state index is 12.4. The van der Waals surface area contributed by atoms with Crippen molar-refractivity contribution in [1.82, 2.24) is 20.3 Å². The van der Waals surface area contributed by atoms with Crippen molar-refractivity contribution in [2.75, 3.05) is 26.6 Å². The van der Waals surface area contributed by atoms with E-state index in [0.717, 1.165) is 0 Å². The number of hydrogen-bond acceptors (Lipinski definition) is 7. The zero-order valence-electron chi connectivity index (χ0n) is 16.7. The Morgan fingerprint density at radius 3 is 2.32 bits per heavy atom. The van der Waals surface area contributed by atoms with E-state index in [1.54, 1.807) is 42.5 Å². The molecule has 1 amide bonds. The van der Waals surface area contributed by atoms with Crippen molar-refractivity contribution in [2.24, 2.45) is 0 Å². The van der Waals surface area contributed by atoms with Crippen LogP contribution in [0.2, 0.25) is 0 Å². The Hall–Kier alpha value is -2.80. The average molecular weight is 481 g/mol. The quantitative estimate of drug-likeness (QED) is 0.467. The summed E-state index contributed by atoms with van der Waals surface area (Å²) in [5, 5.41) is 2.44. The minimum atomic E-state index is -4.01. The van der Waals surface area contributed by atoms with Gasteiger partial charge in [-0.15, -0.1) is 4.83 Å². The highest BCUT2D eigenvalue weighted by Gasteiger charge is 2.22. The van der Waals surface area contributed by atoms with Crippen molar-refractivity contribution in [2.45, 2.75) is 0 Å². The summed E-state index contributed by atoms with van der Waals surface area (Å²) < 4.78 is 35.3. The molecule has 0 aromatic heterocycles. The lowest BCUT2D eigenvalue weighted by molar-refractivity contribution is -0.121. The smallest absolute Gasteiger partial charge is 0.255 e. The third-order valence-electron chi connectivity index (χ3n) is 4.14. The number of fused-ring (bicyclic) bond motifs is 1. The lowest BCUT2D eigenvalue weighted by Crippen LogP contribution is -2.49. The first-order valence-corrected chi connectivity index (χ1v) is 11.4. The normalized spacial score (nSPS) is 12.2. The molecule has 12 heteroatoms. The highest BCUT2D eigenvalue weighted by molar-refractivity contribution is 7.90. The largest absolute Gasteiger partial charge is 0.454 e. The summed E-state index contributed by atoms with van der Waals surface area (Å²) in [6, 6.07) is 14.0. The molecule has 0 atom stereocenters. The summed E-state index contributed by atoms with van der Waals surface area (Å²) in [6.07, 6.45) is 0. The van der Waals surface area contributed by atoms with E-state index in [1.165, 1.54) is 24.1 Å². The van der Waals surface area contributed by atoms with Crippen LogP contribution in [0.5, 0.6) is 11.5 Å². The van der Waals surface area contributed by atoms with Gasteiger partial charge in [0.05, 0.1) is 0 Å². The fourth-order valence-electron chi connectivity index (χ4n) is 2.72. The van der Waals surface area contributed by atoms with E-state index in [1.807, 2.05) is 6.07 Å². The second-order valence-corrected chi connectivity index (χ2v) is 9.02. The van der Waals surface area contributed by atoms with Crippen LogP contribution in [0.15, 0.2) is 48.5 Å². The zero-order valence-corrected chi connectivity index (χ0v) is 19.1. The molecule has 0 radical (unpaired) electrons. The van der Waals surface area contributed by atoms with Gasteiger partial charge in [0.1, 0.15) is 15.7 Å². The number of ether oxygens (including phenoxy) is 2. The van der Waals surface area contributed by atoms with Gasteiger partial charge in [-0.1, -0.05) is 54.8 Å². The van der Waals surface area contributed by atoms with Crippen molar-refractivity contribution in [3.63, 3.8) is 0 Å². The van der Waals surface area contributed by atoms with Crippen LogP contribution in [0.3, 0.4) is 0 Å². The number of hydrazine groups is 2. The number of carbonyl (C=O) groups is 1. The molecule has 0 spiro atoms. The van der Waals surface area contributed by atoms with Crippen LogP contribution < -0.4 is 19.7 Å². The van der Waals surface area contributed by atoms with Crippen LogP contribution >= 0.6 is 24.4 Å². The number of benzene rings is 2. The summed E-state index contributed by atoms with van der Waals surface area (Å²) in [4.78, 5) is 15.1. The highest BCUT2D eigenvalue weighted by Crippen LogP contribution is 2.32. The minimum Gasteiger partial charge on any atom is -0.454 e. The molecule has 0 saturated heterocycles. The van der Waals surface area contributed by atoms with Crippen LogP contribution in [-0.4, -0.2) is 61.0 Å². The molecule has 1 aliphatic heterocycles. The minimum absolute atomic E-state index is 0.130. The van der Waals surface area contributed by atoms with E-state index >= 15 is 0 Å². The highest BCUT2D eigenvalue weighted by atomic mass is 32.2. The first-order valence-electron chi connectivity index (χ1n) is 8.97. The number of hydrogen-bond donors (Lipinski definition) is 2. The average Bonchev–Trinajstić information content (AvgIpc) is 3.20. The fraction of sp³-hybridized carbons (Fsp3) is 0.211. The molecule has 1 aliphatic rings. The molecule has 0 bridgehead atoms. The van der Waals surface area contributed by atoms with Gasteiger partial charge in [0.15, 0.2) is 11.5 Å². The summed E-state index contributed by atoms with van der Waals surface area (Å²) in [7, 11) is -1.03. The second-order valence-electron chi connectivity index (χ2n) is 6.55. The molecular weight excluding hydrogens is 460 g/mol. The number of thiocarbonyl (C=S) groups is 2. The predicted molar refractivity (Wildman–Crippen MR) is 123 cm³/mol. The molecule has 3 rings (SSSR count). The van der Waals surface area contributed by atoms with Gasteiger partial charge in [-0.3, -0.25) is 20.2 Å². The van der Waals surface area contributed by atoms with Gasteiger partial charge in [-0.2, -0.15) is 0 Å². The number of amides is 1. The Labute approximate surface area is 190 Å². The third-order valence-corrected chi connectivity index (χ3v) is 6.35. The van der Waals surface area contributed by atoms with Crippen LogP contribution in [-0.2, 0) is 14.8 Å². The Kier molecular flexibility index (Phi) is 7.05. The first kappa shape index (κ1) is 22.9. The Morgan fingerprint density at radius 2 is 1.61 bits per heavy atom. The van der Waals surface area contributed by atoms with E-state index in [9.17, 15) is 13.2 Å². The molecule has 0 unspecified atom stereocenters.